The van der Waals surface area contributed by atoms with Gasteiger partial charge in [-0.15, -0.1) is 0 Å². The third-order valence-corrected chi connectivity index (χ3v) is 3.57. The zero-order chi connectivity index (χ0) is 11.5. The molecule has 0 aromatic rings. The monoisotopic (exact) mass is 213 g/mol. The molecule has 15 heavy (non-hydrogen) atoms. The topological polar surface area (TPSA) is 18.5 Å². The second kappa shape index (κ2) is 5.28. The fourth-order valence-corrected chi connectivity index (χ4v) is 2.40. The quantitative estimate of drug-likeness (QED) is 0.752. The molecule has 1 saturated heterocycles. The summed E-state index contributed by atoms with van der Waals surface area (Å²) in [5.74, 6) is 0. The summed E-state index contributed by atoms with van der Waals surface area (Å²) in [4.78, 5) is 5.12. The molecule has 1 N–H and O–H groups in total. The van der Waals surface area contributed by atoms with E-state index in [9.17, 15) is 0 Å². The predicted octanol–water partition coefficient (Wildman–Crippen LogP) is 1.01. The van der Waals surface area contributed by atoms with Crippen LogP contribution < -0.4 is 5.32 Å². The third kappa shape index (κ3) is 3.16. The van der Waals surface area contributed by atoms with Crippen LogP contribution in [0, 0.1) is 0 Å². The minimum absolute atomic E-state index is 0.319. The Hall–Kier alpha value is -0.120. The molecule has 0 bridgehead atoms. The van der Waals surface area contributed by atoms with Gasteiger partial charge in [-0.05, 0) is 40.9 Å². The molecule has 0 saturated carbocycles. The van der Waals surface area contributed by atoms with Gasteiger partial charge in [0.2, 0.25) is 0 Å². The Labute approximate surface area is 94.8 Å². The van der Waals surface area contributed by atoms with Crippen molar-refractivity contribution in [3.05, 3.63) is 0 Å². The van der Waals surface area contributed by atoms with Gasteiger partial charge >= 0.3 is 0 Å². The lowest BCUT2D eigenvalue weighted by Gasteiger charge is -2.49. The van der Waals surface area contributed by atoms with E-state index in [1.165, 1.54) is 26.1 Å². The normalized spacial score (nSPS) is 28.2. The molecular weight excluding hydrogens is 186 g/mol. The Balaban J connectivity index is 2.63. The minimum atomic E-state index is 0.319. The maximum Gasteiger partial charge on any atom is 0.0348 e. The highest BCUT2D eigenvalue weighted by Gasteiger charge is 2.35. The molecule has 0 amide bonds. The van der Waals surface area contributed by atoms with Crippen LogP contribution in [-0.2, 0) is 0 Å². The molecular formula is C12H27N3. The second-order valence-electron chi connectivity index (χ2n) is 5.37. The lowest BCUT2D eigenvalue weighted by Crippen LogP contribution is -2.63. The molecule has 0 spiro atoms. The van der Waals surface area contributed by atoms with Crippen molar-refractivity contribution in [1.82, 2.24) is 15.1 Å². The zero-order valence-electron chi connectivity index (χ0n) is 11.0. The molecule has 3 nitrogen and oxygen atoms in total. The van der Waals surface area contributed by atoms with E-state index >= 15 is 0 Å². The molecule has 1 heterocycles. The van der Waals surface area contributed by atoms with Crippen molar-refractivity contribution in [2.45, 2.75) is 38.8 Å². The van der Waals surface area contributed by atoms with Crippen LogP contribution in [0.4, 0.5) is 0 Å². The summed E-state index contributed by atoms with van der Waals surface area (Å²) < 4.78 is 0. The molecule has 0 radical (unpaired) electrons. The van der Waals surface area contributed by atoms with Gasteiger partial charge in [-0.1, -0.05) is 6.92 Å². The Morgan fingerprint density at radius 2 is 2.07 bits per heavy atom. The van der Waals surface area contributed by atoms with Crippen LogP contribution in [0.25, 0.3) is 0 Å². The molecule has 1 unspecified atom stereocenters. The van der Waals surface area contributed by atoms with Crippen molar-refractivity contribution in [3.63, 3.8) is 0 Å². The fraction of sp³-hybridized carbons (Fsp3) is 1.00. The molecule has 1 aliphatic heterocycles. The standard InChI is InChI=1S/C12H27N3/c1-6-7-15-10-12(2,3)14(5)9-11(15)8-13-4/h11,13H,6-10H2,1-5H3. The highest BCUT2D eigenvalue weighted by Crippen LogP contribution is 2.22. The first kappa shape index (κ1) is 12.9. The predicted molar refractivity (Wildman–Crippen MR) is 66.3 cm³/mol. The van der Waals surface area contributed by atoms with Gasteiger partial charge in [-0.25, -0.2) is 0 Å². The highest BCUT2D eigenvalue weighted by atomic mass is 15.3. The van der Waals surface area contributed by atoms with Crippen molar-refractivity contribution < 1.29 is 0 Å². The Morgan fingerprint density at radius 3 is 2.60 bits per heavy atom. The largest absolute Gasteiger partial charge is 0.318 e. The first-order valence-corrected chi connectivity index (χ1v) is 6.11. The number of likely N-dealkylation sites (N-methyl/N-ethyl adjacent to an activating group) is 2. The van der Waals surface area contributed by atoms with Gasteiger partial charge in [0.05, 0.1) is 0 Å². The summed E-state index contributed by atoms with van der Waals surface area (Å²) in [5, 5.41) is 3.31. The van der Waals surface area contributed by atoms with Crippen molar-refractivity contribution in [2.24, 2.45) is 0 Å². The first-order valence-electron chi connectivity index (χ1n) is 6.11. The summed E-state index contributed by atoms with van der Waals surface area (Å²) in [6.07, 6.45) is 1.25. The molecule has 1 fully saturated rings. The van der Waals surface area contributed by atoms with E-state index in [4.69, 9.17) is 0 Å². The lowest BCUT2D eigenvalue weighted by atomic mass is 9.96. The van der Waals surface area contributed by atoms with E-state index in [-0.39, 0.29) is 0 Å². The number of hydrogen-bond donors (Lipinski definition) is 1. The van der Waals surface area contributed by atoms with Crippen LogP contribution in [0.3, 0.4) is 0 Å². The van der Waals surface area contributed by atoms with Gasteiger partial charge in [0, 0.05) is 31.2 Å². The average molecular weight is 213 g/mol. The van der Waals surface area contributed by atoms with Gasteiger partial charge in [0.15, 0.2) is 0 Å². The molecule has 1 rings (SSSR count). The van der Waals surface area contributed by atoms with Crippen LogP contribution in [0.1, 0.15) is 27.2 Å². The van der Waals surface area contributed by atoms with E-state index in [0.29, 0.717) is 11.6 Å². The van der Waals surface area contributed by atoms with Crippen LogP contribution in [-0.4, -0.2) is 61.7 Å². The summed E-state index contributed by atoms with van der Waals surface area (Å²) in [6, 6.07) is 0.674. The van der Waals surface area contributed by atoms with Crippen molar-refractivity contribution in [2.75, 3.05) is 40.3 Å². The van der Waals surface area contributed by atoms with E-state index < -0.39 is 0 Å². The first-order chi connectivity index (χ1) is 7.01. The van der Waals surface area contributed by atoms with Crippen LogP contribution in [0.2, 0.25) is 0 Å². The summed E-state index contributed by atoms with van der Waals surface area (Å²) in [5.41, 5.74) is 0.319. The molecule has 3 heteroatoms. The Kier molecular flexibility index (Phi) is 4.56. The number of rotatable bonds is 4. The maximum absolute atomic E-state index is 3.31. The van der Waals surface area contributed by atoms with Crippen molar-refractivity contribution in [3.8, 4) is 0 Å². The van der Waals surface area contributed by atoms with E-state index in [1.54, 1.807) is 0 Å². The molecule has 90 valence electrons. The Morgan fingerprint density at radius 1 is 1.40 bits per heavy atom. The highest BCUT2D eigenvalue weighted by molar-refractivity contribution is 4.93. The van der Waals surface area contributed by atoms with Crippen LogP contribution in [0.5, 0.6) is 0 Å². The van der Waals surface area contributed by atoms with Crippen LogP contribution >= 0.6 is 0 Å². The average Bonchev–Trinajstić information content (AvgIpc) is 2.14. The van der Waals surface area contributed by atoms with Crippen LogP contribution in [0.15, 0.2) is 0 Å². The van der Waals surface area contributed by atoms with Gasteiger partial charge in [0.1, 0.15) is 0 Å². The molecule has 1 atom stereocenters. The summed E-state index contributed by atoms with van der Waals surface area (Å²) >= 11 is 0. The van der Waals surface area contributed by atoms with Crippen molar-refractivity contribution >= 4 is 0 Å². The molecule has 0 aromatic heterocycles. The van der Waals surface area contributed by atoms with Gasteiger partial charge in [-0.3, -0.25) is 9.80 Å². The van der Waals surface area contributed by atoms with Gasteiger partial charge < -0.3 is 5.32 Å². The minimum Gasteiger partial charge on any atom is -0.318 e. The molecule has 0 aliphatic carbocycles. The van der Waals surface area contributed by atoms with Gasteiger partial charge in [0.25, 0.3) is 0 Å². The van der Waals surface area contributed by atoms with Crippen molar-refractivity contribution in [1.29, 1.82) is 0 Å². The smallest absolute Gasteiger partial charge is 0.0348 e. The number of hydrogen-bond acceptors (Lipinski definition) is 3. The molecule has 0 aromatic carbocycles. The zero-order valence-corrected chi connectivity index (χ0v) is 11.0. The maximum atomic E-state index is 3.31. The second-order valence-corrected chi connectivity index (χ2v) is 5.37. The summed E-state index contributed by atoms with van der Waals surface area (Å²) in [6.45, 7) is 11.6. The van der Waals surface area contributed by atoms with E-state index in [0.717, 1.165) is 6.54 Å². The van der Waals surface area contributed by atoms with E-state index in [1.807, 2.05) is 7.05 Å². The third-order valence-electron chi connectivity index (χ3n) is 3.57. The molecule has 1 aliphatic rings. The van der Waals surface area contributed by atoms with Gasteiger partial charge in [-0.2, -0.15) is 0 Å². The summed E-state index contributed by atoms with van der Waals surface area (Å²) in [7, 11) is 4.29. The number of nitrogens with zero attached hydrogens (tertiary/aromatic N) is 2. The fourth-order valence-electron chi connectivity index (χ4n) is 2.40. The number of nitrogens with one attached hydrogen (secondary N) is 1. The Bertz CT molecular complexity index is 191. The number of piperazine rings is 1. The SMILES string of the molecule is CCCN1CC(C)(C)N(C)CC1CNC. The lowest BCUT2D eigenvalue weighted by molar-refractivity contribution is -0.0000831. The van der Waals surface area contributed by atoms with E-state index in [2.05, 4.69) is 42.9 Å².